The van der Waals surface area contributed by atoms with Crippen molar-refractivity contribution in [2.45, 2.75) is 6.92 Å². The Morgan fingerprint density at radius 1 is 1.67 bits per heavy atom. The van der Waals surface area contributed by atoms with Gasteiger partial charge in [0.2, 0.25) is 0 Å². The van der Waals surface area contributed by atoms with Gasteiger partial charge in [0.1, 0.15) is 5.82 Å². The van der Waals surface area contributed by atoms with Gasteiger partial charge < -0.3 is 11.1 Å². The highest BCUT2D eigenvalue weighted by Crippen LogP contribution is 2.15. The highest BCUT2D eigenvalue weighted by atomic mass is 32.2. The number of hydrogen-bond donors (Lipinski definition) is 2. The molecule has 0 bridgehead atoms. The van der Waals surface area contributed by atoms with E-state index in [9.17, 15) is 0 Å². The molecule has 1 aromatic heterocycles. The van der Waals surface area contributed by atoms with Gasteiger partial charge in [-0.15, -0.1) is 6.58 Å². The summed E-state index contributed by atoms with van der Waals surface area (Å²) in [6.45, 7) is 6.52. The summed E-state index contributed by atoms with van der Waals surface area (Å²) in [6, 6.07) is 1.92. The van der Waals surface area contributed by atoms with Crippen LogP contribution < -0.4 is 11.1 Å². The summed E-state index contributed by atoms with van der Waals surface area (Å²) in [7, 11) is 0. The van der Waals surface area contributed by atoms with Crippen LogP contribution in [0.1, 0.15) is 5.56 Å². The average Bonchev–Trinajstić information content (AvgIpc) is 2.20. The molecular weight excluding hydrogens is 206 g/mol. The van der Waals surface area contributed by atoms with Gasteiger partial charge in [0.25, 0.3) is 0 Å². The van der Waals surface area contributed by atoms with Crippen LogP contribution >= 0.6 is 11.8 Å². The van der Waals surface area contributed by atoms with Crippen LogP contribution in [0.5, 0.6) is 0 Å². The lowest BCUT2D eigenvalue weighted by Crippen LogP contribution is -2.08. The first-order chi connectivity index (χ1) is 7.24. The number of nitrogens with one attached hydrogen (secondary N) is 1. The van der Waals surface area contributed by atoms with E-state index in [1.54, 1.807) is 0 Å². The molecule has 0 fully saturated rings. The Hall–Kier alpha value is -1.16. The van der Waals surface area contributed by atoms with Crippen LogP contribution in [-0.4, -0.2) is 23.0 Å². The van der Waals surface area contributed by atoms with Gasteiger partial charge in [-0.1, -0.05) is 6.08 Å². The number of aryl methyl sites for hydroxylation is 1. The van der Waals surface area contributed by atoms with Crippen molar-refractivity contribution >= 4 is 23.3 Å². The van der Waals surface area contributed by atoms with Crippen LogP contribution in [0.4, 0.5) is 11.5 Å². The zero-order chi connectivity index (χ0) is 11.1. The zero-order valence-corrected chi connectivity index (χ0v) is 9.81. The molecular formula is C11H17N3S. The first kappa shape index (κ1) is 11.9. The molecule has 1 rings (SSSR count). The van der Waals surface area contributed by atoms with Gasteiger partial charge in [-0.05, 0) is 18.6 Å². The molecule has 3 N–H and O–H groups in total. The second-order valence-electron chi connectivity index (χ2n) is 3.24. The fourth-order valence-corrected chi connectivity index (χ4v) is 1.73. The fraction of sp³-hybridized carbons (Fsp3) is 0.364. The molecule has 15 heavy (non-hydrogen) atoms. The first-order valence-electron chi connectivity index (χ1n) is 4.88. The highest BCUT2D eigenvalue weighted by molar-refractivity contribution is 7.99. The lowest BCUT2D eigenvalue weighted by molar-refractivity contribution is 1.16. The minimum absolute atomic E-state index is 0.712. The van der Waals surface area contributed by atoms with E-state index in [1.807, 2.05) is 37.0 Å². The summed E-state index contributed by atoms with van der Waals surface area (Å²) in [5.41, 5.74) is 7.61. The minimum atomic E-state index is 0.712. The fourth-order valence-electron chi connectivity index (χ4n) is 1.15. The second kappa shape index (κ2) is 6.35. The molecule has 0 aliphatic heterocycles. The topological polar surface area (TPSA) is 50.9 Å². The van der Waals surface area contributed by atoms with Crippen molar-refractivity contribution in [3.05, 3.63) is 30.5 Å². The van der Waals surface area contributed by atoms with Crippen molar-refractivity contribution in [2.24, 2.45) is 0 Å². The highest BCUT2D eigenvalue weighted by Gasteiger charge is 1.99. The number of nitrogen functional groups attached to an aromatic ring is 1. The monoisotopic (exact) mass is 223 g/mol. The molecule has 0 atom stereocenters. The Morgan fingerprint density at radius 2 is 2.47 bits per heavy atom. The molecule has 82 valence electrons. The van der Waals surface area contributed by atoms with Gasteiger partial charge in [-0.25, -0.2) is 4.98 Å². The Labute approximate surface area is 95.2 Å². The third-order valence-corrected chi connectivity index (χ3v) is 2.79. The predicted octanol–water partition coefficient (Wildman–Crippen LogP) is 2.30. The van der Waals surface area contributed by atoms with Crippen molar-refractivity contribution in [1.82, 2.24) is 4.98 Å². The van der Waals surface area contributed by atoms with Crippen molar-refractivity contribution in [3.63, 3.8) is 0 Å². The van der Waals surface area contributed by atoms with Crippen molar-refractivity contribution in [1.29, 1.82) is 0 Å². The molecule has 0 spiro atoms. The second-order valence-corrected chi connectivity index (χ2v) is 4.39. The van der Waals surface area contributed by atoms with Crippen LogP contribution in [0.2, 0.25) is 0 Å². The zero-order valence-electron chi connectivity index (χ0n) is 8.99. The smallest absolute Gasteiger partial charge is 0.149 e. The maximum absolute atomic E-state index is 5.81. The number of anilines is 2. The summed E-state index contributed by atoms with van der Waals surface area (Å²) in [5.74, 6) is 2.79. The van der Waals surface area contributed by atoms with Gasteiger partial charge in [0.15, 0.2) is 0 Å². The Balaban J connectivity index is 2.34. The molecule has 3 nitrogen and oxygen atoms in total. The van der Waals surface area contributed by atoms with Crippen LogP contribution in [0.25, 0.3) is 0 Å². The third kappa shape index (κ3) is 4.25. The van der Waals surface area contributed by atoms with Crippen molar-refractivity contribution in [2.75, 3.05) is 29.1 Å². The number of hydrogen-bond acceptors (Lipinski definition) is 4. The Bertz CT molecular complexity index is 326. The van der Waals surface area contributed by atoms with E-state index in [2.05, 4.69) is 16.9 Å². The molecule has 0 aliphatic carbocycles. The van der Waals surface area contributed by atoms with Crippen LogP contribution in [0, 0.1) is 6.92 Å². The van der Waals surface area contributed by atoms with E-state index >= 15 is 0 Å². The normalized spacial score (nSPS) is 9.93. The summed E-state index contributed by atoms with van der Waals surface area (Å²) in [5, 5.41) is 3.21. The van der Waals surface area contributed by atoms with Gasteiger partial charge >= 0.3 is 0 Å². The van der Waals surface area contributed by atoms with E-state index in [-0.39, 0.29) is 0 Å². The molecule has 1 aromatic rings. The van der Waals surface area contributed by atoms with E-state index in [0.717, 1.165) is 29.4 Å². The number of aromatic nitrogens is 1. The molecule has 0 amide bonds. The molecule has 0 saturated heterocycles. The minimum Gasteiger partial charge on any atom is -0.396 e. The van der Waals surface area contributed by atoms with Gasteiger partial charge in [-0.3, -0.25) is 0 Å². The number of nitrogens with two attached hydrogens (primary N) is 1. The molecule has 0 unspecified atom stereocenters. The third-order valence-electron chi connectivity index (χ3n) is 1.83. The van der Waals surface area contributed by atoms with E-state index in [4.69, 9.17) is 5.73 Å². The van der Waals surface area contributed by atoms with E-state index in [0.29, 0.717) is 5.69 Å². The van der Waals surface area contributed by atoms with E-state index < -0.39 is 0 Å². The maximum atomic E-state index is 5.81. The predicted molar refractivity (Wildman–Crippen MR) is 69.4 cm³/mol. The number of pyridine rings is 1. The molecule has 0 aromatic carbocycles. The number of nitrogens with zero attached hydrogens (tertiary/aromatic N) is 1. The average molecular weight is 223 g/mol. The van der Waals surface area contributed by atoms with E-state index in [1.165, 1.54) is 0 Å². The SMILES string of the molecule is C=CCSCCNc1ncc(C)cc1N. The largest absolute Gasteiger partial charge is 0.396 e. The van der Waals surface area contributed by atoms with Crippen LogP contribution in [0.3, 0.4) is 0 Å². The Morgan fingerprint density at radius 3 is 3.13 bits per heavy atom. The number of thioether (sulfide) groups is 1. The molecule has 1 heterocycles. The maximum Gasteiger partial charge on any atom is 0.149 e. The summed E-state index contributed by atoms with van der Waals surface area (Å²) in [4.78, 5) is 4.23. The molecule has 0 radical (unpaired) electrons. The van der Waals surface area contributed by atoms with Crippen LogP contribution in [-0.2, 0) is 0 Å². The number of rotatable bonds is 6. The molecule has 0 saturated carbocycles. The van der Waals surface area contributed by atoms with Crippen molar-refractivity contribution < 1.29 is 0 Å². The van der Waals surface area contributed by atoms with Crippen molar-refractivity contribution in [3.8, 4) is 0 Å². The standard InChI is InChI=1S/C11H17N3S/c1-3-5-15-6-4-13-11-10(12)7-9(2)8-14-11/h3,7-8H,1,4-6,12H2,2H3,(H,13,14). The first-order valence-corrected chi connectivity index (χ1v) is 6.04. The lowest BCUT2D eigenvalue weighted by Gasteiger charge is -2.07. The lowest BCUT2D eigenvalue weighted by atomic mass is 10.3. The van der Waals surface area contributed by atoms with Crippen LogP contribution in [0.15, 0.2) is 24.9 Å². The van der Waals surface area contributed by atoms with Gasteiger partial charge in [-0.2, -0.15) is 11.8 Å². The summed E-state index contributed by atoms with van der Waals surface area (Å²) >= 11 is 1.83. The molecule has 4 heteroatoms. The van der Waals surface area contributed by atoms with Gasteiger partial charge in [0.05, 0.1) is 5.69 Å². The summed E-state index contributed by atoms with van der Waals surface area (Å²) < 4.78 is 0. The summed E-state index contributed by atoms with van der Waals surface area (Å²) in [6.07, 6.45) is 3.72. The van der Waals surface area contributed by atoms with Gasteiger partial charge in [0, 0.05) is 24.2 Å². The Kier molecular flexibility index (Phi) is 5.04. The quantitative estimate of drug-likeness (QED) is 0.574. The molecule has 0 aliphatic rings.